The molecule has 0 saturated heterocycles. The van der Waals surface area contributed by atoms with E-state index in [4.69, 9.17) is 11.6 Å². The maximum Gasteiger partial charge on any atom is 0.0825 e. The van der Waals surface area contributed by atoms with Gasteiger partial charge in [0.15, 0.2) is 0 Å². The molecule has 0 bridgehead atoms. The summed E-state index contributed by atoms with van der Waals surface area (Å²) in [5.74, 6) is 6.44. The molecule has 150 valence electrons. The number of para-hydroxylation sites is 3. The molecular formula is C26H26N4. The molecule has 0 aliphatic carbocycles. The topological polar surface area (TPSA) is 60.2 Å². The summed E-state index contributed by atoms with van der Waals surface area (Å²) in [4.78, 5) is 0. The molecule has 30 heavy (non-hydrogen) atoms. The van der Waals surface area contributed by atoms with E-state index in [1.54, 1.807) is 5.01 Å². The van der Waals surface area contributed by atoms with Crippen LogP contribution in [0.5, 0.6) is 0 Å². The molecule has 1 aromatic heterocycles. The minimum Gasteiger partial charge on any atom is -0.397 e. The van der Waals surface area contributed by atoms with Gasteiger partial charge in [-0.3, -0.25) is 5.01 Å². The van der Waals surface area contributed by atoms with Crippen molar-refractivity contribution in [3.05, 3.63) is 97.1 Å². The van der Waals surface area contributed by atoms with Crippen LogP contribution < -0.4 is 16.6 Å². The fraction of sp³-hybridized carbons (Fsp3) is 0.0769. The second-order valence-electron chi connectivity index (χ2n) is 6.82. The van der Waals surface area contributed by atoms with Crippen molar-refractivity contribution >= 4 is 38.9 Å². The van der Waals surface area contributed by atoms with Gasteiger partial charge in [-0.15, -0.1) is 0 Å². The Morgan fingerprint density at radius 1 is 0.667 bits per heavy atom. The lowest BCUT2D eigenvalue weighted by Gasteiger charge is -2.21. The quantitative estimate of drug-likeness (QED) is 0.211. The maximum absolute atomic E-state index is 6.44. The van der Waals surface area contributed by atoms with Crippen LogP contribution in [0.4, 0.5) is 17.1 Å². The van der Waals surface area contributed by atoms with Crippen LogP contribution >= 0.6 is 0 Å². The number of nitrogens with two attached hydrogens (primary N) is 2. The number of nitrogens with zero attached hydrogens (tertiary/aromatic N) is 2. The molecule has 4 heteroatoms. The van der Waals surface area contributed by atoms with Gasteiger partial charge in [-0.1, -0.05) is 68.4 Å². The zero-order valence-electron chi connectivity index (χ0n) is 17.3. The number of hydrogen-bond donors (Lipinski definition) is 2. The summed E-state index contributed by atoms with van der Waals surface area (Å²) in [6.07, 6.45) is 0. The highest BCUT2D eigenvalue weighted by atomic mass is 15.4. The molecule has 5 aromatic rings. The summed E-state index contributed by atoms with van der Waals surface area (Å²) in [5, 5.41) is 3.92. The third-order valence-corrected chi connectivity index (χ3v) is 5.13. The molecule has 5 rings (SSSR count). The van der Waals surface area contributed by atoms with Crippen LogP contribution in [0.2, 0.25) is 0 Å². The second kappa shape index (κ2) is 8.31. The van der Waals surface area contributed by atoms with Crippen LogP contribution in [0.3, 0.4) is 0 Å². The Kier molecular flexibility index (Phi) is 5.42. The zero-order chi connectivity index (χ0) is 21.1. The number of fused-ring (bicyclic) bond motifs is 3. The molecule has 0 fully saturated rings. The minimum absolute atomic E-state index is 0.648. The smallest absolute Gasteiger partial charge is 0.0825 e. The molecule has 0 aliphatic heterocycles. The average molecular weight is 395 g/mol. The van der Waals surface area contributed by atoms with Crippen molar-refractivity contribution in [1.82, 2.24) is 4.57 Å². The van der Waals surface area contributed by atoms with Gasteiger partial charge in [0, 0.05) is 16.5 Å². The van der Waals surface area contributed by atoms with Crippen molar-refractivity contribution < 1.29 is 0 Å². The van der Waals surface area contributed by atoms with Crippen molar-refractivity contribution in [2.45, 2.75) is 13.8 Å². The van der Waals surface area contributed by atoms with Crippen LogP contribution in [0.15, 0.2) is 97.1 Å². The maximum atomic E-state index is 6.44. The van der Waals surface area contributed by atoms with E-state index in [1.165, 1.54) is 5.39 Å². The van der Waals surface area contributed by atoms with Gasteiger partial charge < -0.3 is 10.3 Å². The highest BCUT2D eigenvalue weighted by molar-refractivity contribution is 6.11. The Balaban J connectivity index is 0.00000106. The fourth-order valence-corrected chi connectivity index (χ4v) is 3.81. The number of hydrazine groups is 1. The van der Waals surface area contributed by atoms with Gasteiger partial charge in [0.2, 0.25) is 0 Å². The van der Waals surface area contributed by atoms with Gasteiger partial charge in [-0.25, -0.2) is 5.84 Å². The molecule has 4 aromatic carbocycles. The molecule has 0 spiro atoms. The van der Waals surface area contributed by atoms with Crippen molar-refractivity contribution in [2.24, 2.45) is 5.84 Å². The van der Waals surface area contributed by atoms with Gasteiger partial charge in [-0.05, 0) is 42.5 Å². The standard InChI is InChI=1S/C24H20N4.C2H6/c25-21-15-20-19-13-7-8-14-22(19)27(17-9-3-1-4-10-17)23(20)16-24(21)28(26)18-11-5-2-6-12-18;1-2/h1-16H,25-26H2;1-2H3. The van der Waals surface area contributed by atoms with E-state index in [-0.39, 0.29) is 0 Å². The van der Waals surface area contributed by atoms with Crippen LogP contribution in [-0.2, 0) is 0 Å². The number of anilines is 3. The molecule has 0 radical (unpaired) electrons. The van der Waals surface area contributed by atoms with Crippen molar-refractivity contribution in [3.63, 3.8) is 0 Å². The van der Waals surface area contributed by atoms with E-state index in [2.05, 4.69) is 47.0 Å². The van der Waals surface area contributed by atoms with E-state index in [9.17, 15) is 0 Å². The second-order valence-corrected chi connectivity index (χ2v) is 6.82. The van der Waals surface area contributed by atoms with E-state index in [1.807, 2.05) is 68.4 Å². The molecule has 0 saturated carbocycles. The highest BCUT2D eigenvalue weighted by Crippen LogP contribution is 2.38. The summed E-state index contributed by atoms with van der Waals surface area (Å²) in [5.41, 5.74) is 12.1. The monoisotopic (exact) mass is 394 g/mol. The van der Waals surface area contributed by atoms with Gasteiger partial charge in [0.1, 0.15) is 0 Å². The van der Waals surface area contributed by atoms with Crippen LogP contribution in [0.1, 0.15) is 13.8 Å². The average Bonchev–Trinajstić information content (AvgIpc) is 3.14. The molecule has 0 unspecified atom stereocenters. The molecule has 0 amide bonds. The lowest BCUT2D eigenvalue weighted by molar-refractivity contribution is 1.09. The van der Waals surface area contributed by atoms with E-state index < -0.39 is 0 Å². The first-order valence-electron chi connectivity index (χ1n) is 10.2. The summed E-state index contributed by atoms with van der Waals surface area (Å²) < 4.78 is 2.26. The van der Waals surface area contributed by atoms with E-state index in [0.717, 1.165) is 33.5 Å². The first-order chi connectivity index (χ1) is 14.7. The highest BCUT2D eigenvalue weighted by Gasteiger charge is 2.16. The Labute approximate surface area is 176 Å². The predicted molar refractivity (Wildman–Crippen MR) is 129 cm³/mol. The fourth-order valence-electron chi connectivity index (χ4n) is 3.81. The van der Waals surface area contributed by atoms with Crippen LogP contribution in [0, 0.1) is 0 Å². The summed E-state index contributed by atoms with van der Waals surface area (Å²) >= 11 is 0. The first-order valence-corrected chi connectivity index (χ1v) is 10.2. The number of hydrogen-bond acceptors (Lipinski definition) is 3. The SMILES string of the molecule is CC.Nc1cc2c3ccccc3n(-c3ccccc3)c2cc1N(N)c1ccccc1. The first kappa shape index (κ1) is 19.6. The Morgan fingerprint density at radius 2 is 1.27 bits per heavy atom. The summed E-state index contributed by atoms with van der Waals surface area (Å²) in [6, 6.07) is 32.7. The molecule has 4 N–H and O–H groups in total. The summed E-state index contributed by atoms with van der Waals surface area (Å²) in [6.45, 7) is 4.00. The van der Waals surface area contributed by atoms with Crippen LogP contribution in [0.25, 0.3) is 27.5 Å². The third-order valence-electron chi connectivity index (χ3n) is 5.13. The Bertz CT molecular complexity index is 1270. The van der Waals surface area contributed by atoms with Crippen molar-refractivity contribution in [3.8, 4) is 5.69 Å². The molecule has 0 aliphatic rings. The molecular weight excluding hydrogens is 368 g/mol. The number of benzene rings is 4. The Hall–Kier alpha value is -3.76. The number of nitrogen functional groups attached to an aromatic ring is 1. The lowest BCUT2D eigenvalue weighted by Crippen LogP contribution is -2.25. The molecule has 0 atom stereocenters. The lowest BCUT2D eigenvalue weighted by atomic mass is 10.1. The summed E-state index contributed by atoms with van der Waals surface area (Å²) in [7, 11) is 0. The normalized spacial score (nSPS) is 10.6. The van der Waals surface area contributed by atoms with E-state index in [0.29, 0.717) is 5.69 Å². The third kappa shape index (κ3) is 3.27. The molecule has 1 heterocycles. The zero-order valence-corrected chi connectivity index (χ0v) is 17.3. The van der Waals surface area contributed by atoms with Crippen LogP contribution in [-0.4, -0.2) is 4.57 Å². The largest absolute Gasteiger partial charge is 0.397 e. The number of aromatic nitrogens is 1. The predicted octanol–water partition coefficient (Wildman–Crippen LogP) is 6.40. The van der Waals surface area contributed by atoms with Gasteiger partial charge >= 0.3 is 0 Å². The Morgan fingerprint density at radius 3 is 1.97 bits per heavy atom. The van der Waals surface area contributed by atoms with Crippen molar-refractivity contribution in [1.29, 1.82) is 0 Å². The minimum atomic E-state index is 0.648. The van der Waals surface area contributed by atoms with Gasteiger partial charge in [0.25, 0.3) is 0 Å². The van der Waals surface area contributed by atoms with E-state index >= 15 is 0 Å². The number of rotatable bonds is 3. The molecule has 4 nitrogen and oxygen atoms in total. The van der Waals surface area contributed by atoms with Gasteiger partial charge in [-0.2, -0.15) is 0 Å². The van der Waals surface area contributed by atoms with Crippen molar-refractivity contribution in [2.75, 3.05) is 10.7 Å². The van der Waals surface area contributed by atoms with Gasteiger partial charge in [0.05, 0.1) is 28.1 Å².